The fourth-order valence-electron chi connectivity index (χ4n) is 3.67. The summed E-state index contributed by atoms with van der Waals surface area (Å²) < 4.78 is 5.57. The lowest BCUT2D eigenvalue weighted by Gasteiger charge is -2.20. The van der Waals surface area contributed by atoms with Gasteiger partial charge >= 0.3 is 5.97 Å². The number of ether oxygens (including phenoxy) is 1. The minimum Gasteiger partial charge on any atom is -0.465 e. The predicted molar refractivity (Wildman–Crippen MR) is 110 cm³/mol. The van der Waals surface area contributed by atoms with Crippen LogP contribution in [0.2, 0.25) is 0 Å². The highest BCUT2D eigenvalue weighted by Gasteiger charge is 2.14. The number of rotatable bonds is 17. The van der Waals surface area contributed by atoms with Crippen LogP contribution < -0.4 is 0 Å². The Morgan fingerprint density at radius 3 is 2.00 bits per heavy atom. The van der Waals surface area contributed by atoms with Gasteiger partial charge in [0.1, 0.15) is 0 Å². The molecule has 150 valence electrons. The molecule has 0 N–H and O–H groups in total. The maximum absolute atomic E-state index is 12.0. The SMILES string of the molecule is CCCC(C)CC(CCC)COC(=O)CCCCCCCCC(C)C. The molecule has 0 saturated heterocycles. The maximum Gasteiger partial charge on any atom is 0.305 e. The van der Waals surface area contributed by atoms with Crippen molar-refractivity contribution in [3.05, 3.63) is 0 Å². The summed E-state index contributed by atoms with van der Waals surface area (Å²) >= 11 is 0. The average Bonchev–Trinajstić information content (AvgIpc) is 2.55. The second kappa shape index (κ2) is 16.9. The summed E-state index contributed by atoms with van der Waals surface area (Å²) in [5.41, 5.74) is 0. The molecule has 0 aliphatic heterocycles. The highest BCUT2D eigenvalue weighted by Crippen LogP contribution is 2.21. The Kier molecular flexibility index (Phi) is 16.6. The average molecular weight is 355 g/mol. The molecule has 0 rings (SSSR count). The third-order valence-electron chi connectivity index (χ3n) is 5.11. The third kappa shape index (κ3) is 16.7. The summed E-state index contributed by atoms with van der Waals surface area (Å²) in [7, 11) is 0. The summed E-state index contributed by atoms with van der Waals surface area (Å²) in [6.45, 7) is 12.0. The Morgan fingerprint density at radius 1 is 0.800 bits per heavy atom. The van der Waals surface area contributed by atoms with Crippen LogP contribution in [0, 0.1) is 17.8 Å². The van der Waals surface area contributed by atoms with Crippen molar-refractivity contribution in [3.63, 3.8) is 0 Å². The van der Waals surface area contributed by atoms with Crippen molar-refractivity contribution in [2.24, 2.45) is 17.8 Å². The molecular weight excluding hydrogens is 308 g/mol. The van der Waals surface area contributed by atoms with E-state index in [-0.39, 0.29) is 5.97 Å². The zero-order valence-electron chi connectivity index (χ0n) is 17.9. The van der Waals surface area contributed by atoms with Crippen LogP contribution in [0.15, 0.2) is 0 Å². The van der Waals surface area contributed by atoms with Crippen LogP contribution in [0.3, 0.4) is 0 Å². The van der Waals surface area contributed by atoms with Crippen molar-refractivity contribution >= 4 is 5.97 Å². The predicted octanol–water partition coefficient (Wildman–Crippen LogP) is 7.55. The van der Waals surface area contributed by atoms with Crippen LogP contribution in [-0.2, 0) is 9.53 Å². The van der Waals surface area contributed by atoms with E-state index < -0.39 is 0 Å². The quantitative estimate of drug-likeness (QED) is 0.199. The van der Waals surface area contributed by atoms with Crippen LogP contribution in [0.25, 0.3) is 0 Å². The highest BCUT2D eigenvalue weighted by atomic mass is 16.5. The first kappa shape index (κ1) is 24.5. The molecule has 0 aliphatic rings. The van der Waals surface area contributed by atoms with E-state index in [0.29, 0.717) is 18.9 Å². The van der Waals surface area contributed by atoms with E-state index in [1.165, 1.54) is 70.6 Å². The molecule has 2 heteroatoms. The van der Waals surface area contributed by atoms with Gasteiger partial charge in [-0.3, -0.25) is 4.79 Å². The first-order chi connectivity index (χ1) is 12.0. The van der Waals surface area contributed by atoms with Gasteiger partial charge in [-0.15, -0.1) is 0 Å². The van der Waals surface area contributed by atoms with E-state index in [1.54, 1.807) is 0 Å². The molecule has 0 aromatic carbocycles. The zero-order valence-corrected chi connectivity index (χ0v) is 17.9. The Hall–Kier alpha value is -0.530. The summed E-state index contributed by atoms with van der Waals surface area (Å²) in [6, 6.07) is 0. The third-order valence-corrected chi connectivity index (χ3v) is 5.11. The minimum absolute atomic E-state index is 0.0176. The molecular formula is C23H46O2. The highest BCUT2D eigenvalue weighted by molar-refractivity contribution is 5.69. The smallest absolute Gasteiger partial charge is 0.305 e. The molecule has 0 heterocycles. The lowest BCUT2D eigenvalue weighted by Crippen LogP contribution is -2.16. The van der Waals surface area contributed by atoms with Gasteiger partial charge in [-0.25, -0.2) is 0 Å². The van der Waals surface area contributed by atoms with Gasteiger partial charge in [0.15, 0.2) is 0 Å². The number of unbranched alkanes of at least 4 members (excludes halogenated alkanes) is 5. The summed E-state index contributed by atoms with van der Waals surface area (Å²) in [5, 5.41) is 0. The molecule has 0 aromatic rings. The van der Waals surface area contributed by atoms with Crippen LogP contribution in [0.5, 0.6) is 0 Å². The standard InChI is InChI=1S/C23H46O2/c1-6-14-21(5)18-22(15-7-2)19-25-23(24)17-13-11-9-8-10-12-16-20(3)4/h20-22H,6-19H2,1-5H3. The molecule has 0 spiro atoms. The van der Waals surface area contributed by atoms with Crippen molar-refractivity contribution in [1.29, 1.82) is 0 Å². The molecule has 0 radical (unpaired) electrons. The zero-order chi connectivity index (χ0) is 18.9. The van der Waals surface area contributed by atoms with Crippen molar-refractivity contribution in [2.45, 2.75) is 118 Å². The Balaban J connectivity index is 3.68. The minimum atomic E-state index is 0.0176. The molecule has 0 aromatic heterocycles. The molecule has 0 amide bonds. The molecule has 25 heavy (non-hydrogen) atoms. The monoisotopic (exact) mass is 354 g/mol. The lowest BCUT2D eigenvalue weighted by atomic mass is 9.90. The molecule has 2 nitrogen and oxygen atoms in total. The second-order valence-corrected chi connectivity index (χ2v) is 8.52. The summed E-state index contributed by atoms with van der Waals surface area (Å²) in [4.78, 5) is 12.0. The molecule has 0 bridgehead atoms. The number of esters is 1. The molecule has 2 unspecified atom stereocenters. The first-order valence-corrected chi connectivity index (χ1v) is 11.1. The van der Waals surface area contributed by atoms with E-state index in [9.17, 15) is 4.79 Å². The van der Waals surface area contributed by atoms with Crippen molar-refractivity contribution in [3.8, 4) is 0 Å². The van der Waals surface area contributed by atoms with E-state index in [2.05, 4.69) is 34.6 Å². The maximum atomic E-state index is 12.0. The van der Waals surface area contributed by atoms with Gasteiger partial charge in [0.2, 0.25) is 0 Å². The van der Waals surface area contributed by atoms with Gasteiger partial charge in [-0.2, -0.15) is 0 Å². The summed E-state index contributed by atoms with van der Waals surface area (Å²) in [5.74, 6) is 2.15. The van der Waals surface area contributed by atoms with Crippen LogP contribution >= 0.6 is 0 Å². The molecule has 0 fully saturated rings. The number of carbonyl (C=O) groups excluding carboxylic acids is 1. The number of carbonyl (C=O) groups is 1. The van der Waals surface area contributed by atoms with E-state index in [4.69, 9.17) is 4.74 Å². The van der Waals surface area contributed by atoms with Crippen LogP contribution in [-0.4, -0.2) is 12.6 Å². The Morgan fingerprint density at radius 2 is 1.40 bits per heavy atom. The van der Waals surface area contributed by atoms with Gasteiger partial charge in [-0.1, -0.05) is 92.4 Å². The van der Waals surface area contributed by atoms with Gasteiger partial charge in [0.25, 0.3) is 0 Å². The van der Waals surface area contributed by atoms with Crippen LogP contribution in [0.4, 0.5) is 0 Å². The normalized spacial score (nSPS) is 13.8. The Labute approximate surface area is 158 Å². The number of hydrogen-bond donors (Lipinski definition) is 0. The van der Waals surface area contributed by atoms with Gasteiger partial charge in [0.05, 0.1) is 6.61 Å². The van der Waals surface area contributed by atoms with Crippen LogP contribution in [0.1, 0.15) is 118 Å². The lowest BCUT2D eigenvalue weighted by molar-refractivity contribution is -0.145. The van der Waals surface area contributed by atoms with E-state index in [0.717, 1.165) is 18.3 Å². The van der Waals surface area contributed by atoms with E-state index in [1.807, 2.05) is 0 Å². The molecule has 0 aliphatic carbocycles. The Bertz CT molecular complexity index is 298. The van der Waals surface area contributed by atoms with Gasteiger partial charge in [0, 0.05) is 6.42 Å². The topological polar surface area (TPSA) is 26.3 Å². The molecule has 2 atom stereocenters. The van der Waals surface area contributed by atoms with Crippen molar-refractivity contribution in [2.75, 3.05) is 6.61 Å². The molecule has 0 saturated carbocycles. The van der Waals surface area contributed by atoms with Crippen molar-refractivity contribution in [1.82, 2.24) is 0 Å². The van der Waals surface area contributed by atoms with Gasteiger partial charge in [-0.05, 0) is 37.0 Å². The fourth-order valence-corrected chi connectivity index (χ4v) is 3.67. The summed E-state index contributed by atoms with van der Waals surface area (Å²) in [6.07, 6.45) is 15.5. The van der Waals surface area contributed by atoms with E-state index >= 15 is 0 Å². The number of hydrogen-bond acceptors (Lipinski definition) is 2. The largest absolute Gasteiger partial charge is 0.465 e. The van der Waals surface area contributed by atoms with Gasteiger partial charge < -0.3 is 4.74 Å². The second-order valence-electron chi connectivity index (χ2n) is 8.52. The fraction of sp³-hybridized carbons (Fsp3) is 0.957. The first-order valence-electron chi connectivity index (χ1n) is 11.1. The van der Waals surface area contributed by atoms with Crippen molar-refractivity contribution < 1.29 is 9.53 Å².